The summed E-state index contributed by atoms with van der Waals surface area (Å²) in [5.74, 6) is 0.0406. The number of para-hydroxylation sites is 1. The first-order valence-corrected chi connectivity index (χ1v) is 6.09. The van der Waals surface area contributed by atoms with E-state index in [-0.39, 0.29) is 11.4 Å². The summed E-state index contributed by atoms with van der Waals surface area (Å²) < 4.78 is 0. The molecule has 1 heterocycles. The molecule has 0 fully saturated rings. The number of fused-ring (bicyclic) bond motifs is 1. The van der Waals surface area contributed by atoms with Gasteiger partial charge in [0.15, 0.2) is 0 Å². The quantitative estimate of drug-likeness (QED) is 0.879. The monoisotopic (exact) mass is 242 g/mol. The Morgan fingerprint density at radius 3 is 2.67 bits per heavy atom. The molecule has 0 unspecified atom stereocenters. The van der Waals surface area contributed by atoms with Gasteiger partial charge in [0.25, 0.3) is 0 Å². The minimum Gasteiger partial charge on any atom is -0.351 e. The molecule has 0 bridgehead atoms. The summed E-state index contributed by atoms with van der Waals surface area (Å²) in [6.45, 7) is 5.95. The van der Waals surface area contributed by atoms with Crippen molar-refractivity contribution in [3.05, 3.63) is 42.1 Å². The predicted octanol–water partition coefficient (Wildman–Crippen LogP) is 2.69. The van der Waals surface area contributed by atoms with Crippen LogP contribution in [0.3, 0.4) is 0 Å². The zero-order chi connectivity index (χ0) is 13.2. The van der Waals surface area contributed by atoms with Crippen molar-refractivity contribution in [1.82, 2.24) is 10.3 Å². The Balaban J connectivity index is 2.24. The summed E-state index contributed by atoms with van der Waals surface area (Å²) in [7, 11) is 0. The highest BCUT2D eigenvalue weighted by Crippen LogP contribution is 2.16. The van der Waals surface area contributed by atoms with Gasteiger partial charge < -0.3 is 5.32 Å². The van der Waals surface area contributed by atoms with Gasteiger partial charge in [-0.2, -0.15) is 0 Å². The molecular weight excluding hydrogens is 224 g/mol. The Kier molecular flexibility index (Phi) is 3.32. The molecule has 3 nitrogen and oxygen atoms in total. The summed E-state index contributed by atoms with van der Waals surface area (Å²) in [5, 5.41) is 4.02. The van der Waals surface area contributed by atoms with Crippen LogP contribution in [0.2, 0.25) is 0 Å². The van der Waals surface area contributed by atoms with Gasteiger partial charge in [-0.25, -0.2) is 0 Å². The Hall–Kier alpha value is -1.90. The second-order valence-corrected chi connectivity index (χ2v) is 5.46. The number of benzene rings is 1. The summed E-state index contributed by atoms with van der Waals surface area (Å²) in [6, 6.07) is 9.79. The molecule has 1 aromatic heterocycles. The molecule has 0 aliphatic rings. The first-order valence-electron chi connectivity index (χ1n) is 6.09. The molecule has 0 spiro atoms. The highest BCUT2D eigenvalue weighted by Gasteiger charge is 2.14. The number of hydrogen-bond acceptors (Lipinski definition) is 2. The van der Waals surface area contributed by atoms with Gasteiger partial charge >= 0.3 is 0 Å². The van der Waals surface area contributed by atoms with Gasteiger partial charge in [-0.1, -0.05) is 18.2 Å². The van der Waals surface area contributed by atoms with E-state index in [1.165, 1.54) is 0 Å². The lowest BCUT2D eigenvalue weighted by atomic mass is 10.0. The molecule has 0 aliphatic carbocycles. The van der Waals surface area contributed by atoms with E-state index in [4.69, 9.17) is 0 Å². The third-order valence-electron chi connectivity index (χ3n) is 2.60. The highest BCUT2D eigenvalue weighted by atomic mass is 16.1. The molecule has 2 aromatic rings. The third-order valence-corrected chi connectivity index (χ3v) is 2.60. The topological polar surface area (TPSA) is 42.0 Å². The fraction of sp³-hybridized carbons (Fsp3) is 0.333. The average molecular weight is 242 g/mol. The van der Waals surface area contributed by atoms with E-state index in [1.807, 2.05) is 51.1 Å². The van der Waals surface area contributed by atoms with Gasteiger partial charge in [0, 0.05) is 17.1 Å². The van der Waals surface area contributed by atoms with Gasteiger partial charge in [-0.15, -0.1) is 0 Å². The fourth-order valence-corrected chi connectivity index (χ4v) is 1.94. The molecule has 0 aliphatic heterocycles. The van der Waals surface area contributed by atoms with Crippen molar-refractivity contribution in [2.75, 3.05) is 0 Å². The number of carbonyl (C=O) groups excluding carboxylic acids is 1. The standard InChI is InChI=1S/C15H18N2O/c1-15(2,3)17-14(18)10-11-8-9-16-13-7-5-4-6-12(11)13/h4-9H,10H2,1-3H3,(H,17,18). The number of nitrogens with zero attached hydrogens (tertiary/aromatic N) is 1. The first-order chi connectivity index (χ1) is 8.46. The summed E-state index contributed by atoms with van der Waals surface area (Å²) in [6.07, 6.45) is 2.14. The van der Waals surface area contributed by atoms with E-state index in [9.17, 15) is 4.79 Å². The molecule has 3 heteroatoms. The average Bonchev–Trinajstić information content (AvgIpc) is 2.27. The normalized spacial score (nSPS) is 11.5. The predicted molar refractivity (Wildman–Crippen MR) is 73.3 cm³/mol. The highest BCUT2D eigenvalue weighted by molar-refractivity contribution is 5.88. The molecule has 0 radical (unpaired) electrons. The molecule has 1 amide bonds. The summed E-state index contributed by atoms with van der Waals surface area (Å²) >= 11 is 0. The van der Waals surface area contributed by atoms with E-state index < -0.39 is 0 Å². The van der Waals surface area contributed by atoms with Gasteiger partial charge in [0.1, 0.15) is 0 Å². The van der Waals surface area contributed by atoms with Crippen LogP contribution in [0.4, 0.5) is 0 Å². The number of aromatic nitrogens is 1. The van der Waals surface area contributed by atoms with Gasteiger partial charge in [-0.3, -0.25) is 9.78 Å². The van der Waals surface area contributed by atoms with Crippen LogP contribution in [0, 0.1) is 0 Å². The SMILES string of the molecule is CC(C)(C)NC(=O)Cc1ccnc2ccccc12. The smallest absolute Gasteiger partial charge is 0.224 e. The zero-order valence-corrected chi connectivity index (χ0v) is 11.0. The van der Waals surface area contributed by atoms with Gasteiger partial charge in [0.2, 0.25) is 5.91 Å². The molecule has 0 saturated heterocycles. The molecule has 2 rings (SSSR count). The molecule has 0 atom stereocenters. The number of carbonyl (C=O) groups is 1. The van der Waals surface area contributed by atoms with E-state index in [2.05, 4.69) is 10.3 Å². The molecule has 18 heavy (non-hydrogen) atoms. The number of rotatable bonds is 2. The lowest BCUT2D eigenvalue weighted by Gasteiger charge is -2.20. The molecular formula is C15H18N2O. The van der Waals surface area contributed by atoms with Crippen LogP contribution in [0.5, 0.6) is 0 Å². The minimum absolute atomic E-state index is 0.0406. The van der Waals surface area contributed by atoms with Crippen molar-refractivity contribution in [1.29, 1.82) is 0 Å². The van der Waals surface area contributed by atoms with Crippen molar-refractivity contribution >= 4 is 16.8 Å². The van der Waals surface area contributed by atoms with Crippen LogP contribution in [0.15, 0.2) is 36.5 Å². The van der Waals surface area contributed by atoms with Crippen LogP contribution < -0.4 is 5.32 Å². The van der Waals surface area contributed by atoms with E-state index >= 15 is 0 Å². The lowest BCUT2D eigenvalue weighted by molar-refractivity contribution is -0.121. The van der Waals surface area contributed by atoms with Crippen LogP contribution >= 0.6 is 0 Å². The number of hydrogen-bond donors (Lipinski definition) is 1. The van der Waals surface area contributed by atoms with E-state index in [1.54, 1.807) is 6.20 Å². The van der Waals surface area contributed by atoms with Crippen molar-refractivity contribution in [2.45, 2.75) is 32.7 Å². The van der Waals surface area contributed by atoms with Crippen molar-refractivity contribution in [3.63, 3.8) is 0 Å². The summed E-state index contributed by atoms with van der Waals surface area (Å²) in [4.78, 5) is 16.2. The first kappa shape index (κ1) is 12.6. The number of pyridine rings is 1. The van der Waals surface area contributed by atoms with Crippen LogP contribution in [0.25, 0.3) is 10.9 Å². The molecule has 94 valence electrons. The molecule has 0 saturated carbocycles. The minimum atomic E-state index is -0.195. The maximum absolute atomic E-state index is 11.9. The number of nitrogens with one attached hydrogen (secondary N) is 1. The second kappa shape index (κ2) is 4.77. The lowest BCUT2D eigenvalue weighted by Crippen LogP contribution is -2.41. The van der Waals surface area contributed by atoms with Crippen LogP contribution in [-0.4, -0.2) is 16.4 Å². The Labute approximate surface area is 107 Å². The maximum Gasteiger partial charge on any atom is 0.224 e. The zero-order valence-electron chi connectivity index (χ0n) is 11.0. The Morgan fingerprint density at radius 1 is 1.22 bits per heavy atom. The van der Waals surface area contributed by atoms with Crippen LogP contribution in [-0.2, 0) is 11.2 Å². The largest absolute Gasteiger partial charge is 0.351 e. The summed E-state index contributed by atoms with van der Waals surface area (Å²) in [5.41, 5.74) is 1.75. The molecule has 1 aromatic carbocycles. The van der Waals surface area contributed by atoms with Gasteiger partial charge in [-0.05, 0) is 38.5 Å². The van der Waals surface area contributed by atoms with Crippen molar-refractivity contribution in [3.8, 4) is 0 Å². The second-order valence-electron chi connectivity index (χ2n) is 5.46. The fourth-order valence-electron chi connectivity index (χ4n) is 1.94. The van der Waals surface area contributed by atoms with E-state index in [0.29, 0.717) is 6.42 Å². The number of amides is 1. The maximum atomic E-state index is 11.9. The molecule has 1 N–H and O–H groups in total. The van der Waals surface area contributed by atoms with Crippen molar-refractivity contribution < 1.29 is 4.79 Å². The van der Waals surface area contributed by atoms with E-state index in [0.717, 1.165) is 16.5 Å². The Morgan fingerprint density at radius 2 is 1.94 bits per heavy atom. The van der Waals surface area contributed by atoms with Crippen LogP contribution in [0.1, 0.15) is 26.3 Å². The third kappa shape index (κ3) is 3.06. The van der Waals surface area contributed by atoms with Gasteiger partial charge in [0.05, 0.1) is 11.9 Å². The van der Waals surface area contributed by atoms with Crippen molar-refractivity contribution in [2.24, 2.45) is 0 Å². The Bertz CT molecular complexity index is 565.